The Morgan fingerprint density at radius 2 is 1.86 bits per heavy atom. The van der Waals surface area contributed by atoms with E-state index in [1.54, 1.807) is 24.7 Å². The number of nitriles is 1. The quantitative estimate of drug-likeness (QED) is 0.115. The third-order valence-electron chi connectivity index (χ3n) is 10.1. The van der Waals surface area contributed by atoms with Gasteiger partial charge < -0.3 is 23.6 Å². The van der Waals surface area contributed by atoms with E-state index in [1.807, 2.05) is 0 Å². The minimum Gasteiger partial charge on any atom is -0.475 e. The van der Waals surface area contributed by atoms with E-state index in [9.17, 15) is 9.90 Å². The van der Waals surface area contributed by atoms with E-state index >= 15 is 0 Å². The number of nitrogens with zero attached hydrogens (tertiary/aromatic N) is 6. The molecule has 4 aromatic rings. The normalized spacial score (nSPS) is 24.9. The maximum Gasteiger partial charge on any atom is 0.259 e. The van der Waals surface area contributed by atoms with Gasteiger partial charge in [0.15, 0.2) is 11.2 Å². The maximum atomic E-state index is 12.5. The molecule has 2 aromatic heterocycles. The molecule has 3 aliphatic heterocycles. The summed E-state index contributed by atoms with van der Waals surface area (Å²) in [7, 11) is -3.55. The molecule has 0 spiro atoms. The molecule has 3 fully saturated rings. The number of aliphatic hydroxyl groups excluding tert-OH is 1. The minimum atomic E-state index is -2.17. The van der Waals surface area contributed by atoms with Gasteiger partial charge in [0, 0.05) is 24.9 Å². The molecule has 3 saturated heterocycles. The summed E-state index contributed by atoms with van der Waals surface area (Å²) in [5, 5.41) is 25.0. The Labute approximate surface area is 299 Å². The molecule has 13 nitrogen and oxygen atoms in total. The summed E-state index contributed by atoms with van der Waals surface area (Å²) in [5.41, 5.74) is 0.770. The summed E-state index contributed by atoms with van der Waals surface area (Å²) in [6, 6.07) is 25.0. The number of carbonyl (C=O) groups is 1. The lowest BCUT2D eigenvalue weighted by atomic mass is 10.1. The molecule has 268 valence electrons. The first-order valence-corrected chi connectivity index (χ1v) is 21.5. The van der Waals surface area contributed by atoms with Gasteiger partial charge in [0.2, 0.25) is 17.7 Å². The SMILES string of the molecule is CC(C)C(=O)Nc1nc(OCCC#N)c2ncn([C@H]3C[C@@H](O[P@]4O[C@@H](C[Si](C)(c5ccccc5)c5ccccc5)[C@H]5CCCN54)[C@@H](CO)O3)c2n1. The third-order valence-corrected chi connectivity index (χ3v) is 16.3. The standard InChI is InChI=1S/C36H44N7O6PSi/c1-24(2)34(45)40-36-39-33-32(35(41-36)46-19-11-17-37)38-23-42(33)31-20-28(29(21-44)47-31)48-50-43-18-10-16-27(43)30(49-50)22-51(3,25-12-6-4-7-13-25)26-14-8-5-9-15-26/h4-9,12-15,23-24,27-31,44H,10-11,16,18-22H2,1-3H3,(H,39,40,41,45)/t27-,28-,29-,30+,31-,50-/m1/s1. The molecule has 15 heteroatoms. The first-order chi connectivity index (χ1) is 24.8. The topological polar surface area (TPSA) is 157 Å². The molecular formula is C36H44N7O6PSi. The van der Waals surface area contributed by atoms with E-state index in [4.69, 9.17) is 23.8 Å². The van der Waals surface area contributed by atoms with Crippen LogP contribution in [-0.4, -0.2) is 87.4 Å². The Kier molecular flexibility index (Phi) is 10.8. The van der Waals surface area contributed by atoms with E-state index in [1.165, 1.54) is 10.4 Å². The van der Waals surface area contributed by atoms with Gasteiger partial charge in [-0.25, -0.2) is 9.65 Å². The van der Waals surface area contributed by atoms with Gasteiger partial charge in [-0.15, -0.1) is 0 Å². The zero-order valence-corrected chi connectivity index (χ0v) is 31.0. The molecule has 0 bridgehead atoms. The van der Waals surface area contributed by atoms with Crippen molar-refractivity contribution in [3.8, 4) is 11.9 Å². The molecule has 0 saturated carbocycles. The van der Waals surface area contributed by atoms with Crippen LogP contribution in [0.15, 0.2) is 67.0 Å². The molecule has 6 atom stereocenters. The Bertz CT molecular complexity index is 1820. The van der Waals surface area contributed by atoms with Crippen molar-refractivity contribution in [3.05, 3.63) is 67.0 Å². The fourth-order valence-corrected chi connectivity index (χ4v) is 13.2. The second-order valence-corrected chi connectivity index (χ2v) is 19.4. The molecular weight excluding hydrogens is 685 g/mol. The van der Waals surface area contributed by atoms with E-state index < -0.39 is 35.0 Å². The van der Waals surface area contributed by atoms with Gasteiger partial charge in [-0.2, -0.15) is 15.2 Å². The summed E-state index contributed by atoms with van der Waals surface area (Å²) in [4.78, 5) is 26.0. The van der Waals surface area contributed by atoms with Crippen LogP contribution >= 0.6 is 8.53 Å². The lowest BCUT2D eigenvalue weighted by Gasteiger charge is -2.32. The summed E-state index contributed by atoms with van der Waals surface area (Å²) >= 11 is 0. The number of imidazole rings is 1. The minimum absolute atomic E-state index is 0.0228. The fourth-order valence-electron chi connectivity index (χ4n) is 7.25. The van der Waals surface area contributed by atoms with E-state index in [0.29, 0.717) is 17.6 Å². The molecule has 2 aromatic carbocycles. The molecule has 7 rings (SSSR count). The van der Waals surface area contributed by atoms with Crippen molar-refractivity contribution in [2.75, 3.05) is 25.1 Å². The molecule has 0 unspecified atom stereocenters. The highest BCUT2D eigenvalue weighted by molar-refractivity contribution is 7.45. The monoisotopic (exact) mass is 729 g/mol. The van der Waals surface area contributed by atoms with Crippen LogP contribution in [0.2, 0.25) is 12.6 Å². The van der Waals surface area contributed by atoms with Gasteiger partial charge in [-0.3, -0.25) is 14.7 Å². The first kappa shape index (κ1) is 35.6. The van der Waals surface area contributed by atoms with Crippen molar-refractivity contribution < 1.29 is 28.4 Å². The van der Waals surface area contributed by atoms with Gasteiger partial charge in [-0.05, 0) is 18.9 Å². The van der Waals surface area contributed by atoms with Crippen LogP contribution in [0.25, 0.3) is 11.2 Å². The van der Waals surface area contributed by atoms with E-state index in [2.05, 4.69) is 98.2 Å². The average Bonchev–Trinajstić information content (AvgIpc) is 3.94. The predicted octanol–water partition coefficient (Wildman–Crippen LogP) is 4.36. The van der Waals surface area contributed by atoms with E-state index in [0.717, 1.165) is 25.4 Å². The molecule has 0 radical (unpaired) electrons. The van der Waals surface area contributed by atoms with Gasteiger partial charge >= 0.3 is 0 Å². The highest BCUT2D eigenvalue weighted by atomic mass is 31.2. The zero-order chi connectivity index (χ0) is 35.5. The van der Waals surface area contributed by atoms with E-state index in [-0.39, 0.29) is 55.4 Å². The number of benzene rings is 2. The number of carbonyl (C=O) groups excluding carboxylic acids is 1. The molecule has 1 amide bonds. The van der Waals surface area contributed by atoms with Gasteiger partial charge in [0.1, 0.15) is 27.0 Å². The van der Waals surface area contributed by atoms with Crippen molar-refractivity contribution in [2.24, 2.45) is 5.92 Å². The van der Waals surface area contributed by atoms with Gasteiger partial charge in [0.25, 0.3) is 8.53 Å². The number of aromatic nitrogens is 4. The smallest absolute Gasteiger partial charge is 0.259 e. The molecule has 51 heavy (non-hydrogen) atoms. The lowest BCUT2D eigenvalue weighted by molar-refractivity contribution is -0.118. The largest absolute Gasteiger partial charge is 0.475 e. The number of hydrogen-bond acceptors (Lipinski definition) is 11. The highest BCUT2D eigenvalue weighted by Gasteiger charge is 2.52. The molecule has 3 aliphatic rings. The van der Waals surface area contributed by atoms with Gasteiger partial charge in [0.05, 0.1) is 37.6 Å². The number of ether oxygens (including phenoxy) is 2. The van der Waals surface area contributed by atoms with Crippen LogP contribution in [0.1, 0.15) is 45.8 Å². The first-order valence-electron chi connectivity index (χ1n) is 17.6. The summed E-state index contributed by atoms with van der Waals surface area (Å²) < 4.78 is 30.0. The molecule has 0 aliphatic carbocycles. The lowest BCUT2D eigenvalue weighted by Crippen LogP contribution is -2.58. The number of amides is 1. The number of rotatable bonds is 13. The Morgan fingerprint density at radius 1 is 1.14 bits per heavy atom. The van der Waals surface area contributed by atoms with Crippen molar-refractivity contribution in [1.29, 1.82) is 5.26 Å². The summed E-state index contributed by atoms with van der Waals surface area (Å²) in [5.74, 6) is -0.314. The van der Waals surface area contributed by atoms with Crippen LogP contribution in [0.5, 0.6) is 5.88 Å². The predicted molar refractivity (Wildman–Crippen MR) is 195 cm³/mol. The number of aliphatic hydroxyl groups is 1. The van der Waals surface area contributed by atoms with Crippen molar-refractivity contribution in [3.63, 3.8) is 0 Å². The van der Waals surface area contributed by atoms with Crippen LogP contribution in [0.3, 0.4) is 0 Å². The zero-order valence-electron chi connectivity index (χ0n) is 29.1. The molecule has 2 N–H and O–H groups in total. The molecule has 5 heterocycles. The Hall–Kier alpha value is -3.80. The van der Waals surface area contributed by atoms with Crippen LogP contribution < -0.4 is 20.4 Å². The second kappa shape index (κ2) is 15.4. The second-order valence-electron chi connectivity index (χ2n) is 13.8. The van der Waals surface area contributed by atoms with Crippen LogP contribution in [-0.2, 0) is 18.6 Å². The maximum absolute atomic E-state index is 12.5. The number of nitrogens with one attached hydrogen (secondary N) is 1. The van der Waals surface area contributed by atoms with Crippen molar-refractivity contribution >= 4 is 50.0 Å². The third kappa shape index (κ3) is 7.30. The number of hydrogen-bond donors (Lipinski definition) is 2. The van der Waals surface area contributed by atoms with Crippen molar-refractivity contribution in [1.82, 2.24) is 24.2 Å². The van der Waals surface area contributed by atoms with Gasteiger partial charge in [-0.1, -0.05) is 91.4 Å². The van der Waals surface area contributed by atoms with Crippen molar-refractivity contribution in [2.45, 2.75) is 82.7 Å². The van der Waals surface area contributed by atoms with Crippen LogP contribution in [0, 0.1) is 17.2 Å². The number of fused-ring (bicyclic) bond motifs is 2. The highest BCUT2D eigenvalue weighted by Crippen LogP contribution is 2.58. The fraction of sp³-hybridized carbons (Fsp3) is 0.472. The van der Waals surface area contributed by atoms with Crippen LogP contribution in [0.4, 0.5) is 5.95 Å². The Balaban J connectivity index is 1.11. The Morgan fingerprint density at radius 3 is 2.53 bits per heavy atom. The number of anilines is 1. The average molecular weight is 730 g/mol. The summed E-state index contributed by atoms with van der Waals surface area (Å²) in [6.45, 7) is 6.78. The summed E-state index contributed by atoms with van der Waals surface area (Å²) in [6.07, 6.45) is 2.74.